The van der Waals surface area contributed by atoms with Gasteiger partial charge >= 0.3 is 0 Å². The van der Waals surface area contributed by atoms with Gasteiger partial charge in [-0.15, -0.1) is 0 Å². The maximum Gasteiger partial charge on any atom is 0.220 e. The Morgan fingerprint density at radius 2 is 1.17 bits per heavy atom. The van der Waals surface area contributed by atoms with Crippen LogP contribution in [0.3, 0.4) is 0 Å². The van der Waals surface area contributed by atoms with Crippen LogP contribution in [0.25, 0.3) is 0 Å². The third-order valence-corrected chi connectivity index (χ3v) is 4.36. The molecule has 3 heteroatoms. The van der Waals surface area contributed by atoms with Gasteiger partial charge in [0.15, 0.2) is 0 Å². The van der Waals surface area contributed by atoms with E-state index in [1.54, 1.807) is 0 Å². The molecule has 23 heavy (non-hydrogen) atoms. The van der Waals surface area contributed by atoms with Gasteiger partial charge in [0.1, 0.15) is 0 Å². The van der Waals surface area contributed by atoms with E-state index >= 15 is 0 Å². The molecular weight excluding hydrogens is 284 g/mol. The van der Waals surface area contributed by atoms with Gasteiger partial charge in [0.05, 0.1) is 34.2 Å². The third kappa shape index (κ3) is 19.4. The molecule has 138 valence electrons. The second kappa shape index (κ2) is 15.0. The van der Waals surface area contributed by atoms with Gasteiger partial charge in [-0.3, -0.25) is 4.79 Å². The van der Waals surface area contributed by atoms with E-state index in [0.29, 0.717) is 6.42 Å². The van der Waals surface area contributed by atoms with Crippen molar-refractivity contribution in [1.82, 2.24) is 5.32 Å². The highest BCUT2D eigenvalue weighted by Gasteiger charge is 2.07. The number of carbonyl (C=O) groups excluding carboxylic acids is 1. The van der Waals surface area contributed by atoms with Crippen molar-refractivity contribution in [3.63, 3.8) is 0 Å². The first-order valence-corrected chi connectivity index (χ1v) is 10.0. The van der Waals surface area contributed by atoms with E-state index < -0.39 is 0 Å². The molecule has 3 nitrogen and oxygen atoms in total. The van der Waals surface area contributed by atoms with Crippen molar-refractivity contribution >= 4 is 5.91 Å². The molecule has 0 aromatic carbocycles. The number of amides is 1. The molecule has 0 rings (SSSR count). The summed E-state index contributed by atoms with van der Waals surface area (Å²) >= 11 is 0. The third-order valence-electron chi connectivity index (χ3n) is 4.36. The number of rotatable bonds is 16. The quantitative estimate of drug-likeness (QED) is 0.317. The number of quaternary nitrogens is 1. The van der Waals surface area contributed by atoms with Crippen molar-refractivity contribution in [3.8, 4) is 0 Å². The molecule has 0 saturated carbocycles. The highest BCUT2D eigenvalue weighted by molar-refractivity contribution is 5.75. The van der Waals surface area contributed by atoms with E-state index in [2.05, 4.69) is 33.4 Å². The fraction of sp³-hybridized carbons (Fsp3) is 0.950. The molecule has 1 N–H and O–H groups in total. The molecule has 0 aliphatic carbocycles. The van der Waals surface area contributed by atoms with Crippen LogP contribution >= 0.6 is 0 Å². The summed E-state index contributed by atoms with van der Waals surface area (Å²) in [5.74, 6) is 0.227. The summed E-state index contributed by atoms with van der Waals surface area (Å²) in [5, 5.41) is 3.02. The van der Waals surface area contributed by atoms with Crippen LogP contribution in [-0.2, 0) is 4.79 Å². The van der Waals surface area contributed by atoms with Crippen molar-refractivity contribution in [2.75, 3.05) is 34.2 Å². The molecular formula is C20H43N2O+. The van der Waals surface area contributed by atoms with E-state index in [-0.39, 0.29) is 5.91 Å². The Labute approximate surface area is 145 Å². The van der Waals surface area contributed by atoms with Gasteiger partial charge < -0.3 is 9.80 Å². The molecule has 0 bridgehead atoms. The minimum absolute atomic E-state index is 0.227. The molecule has 0 unspecified atom stereocenters. The summed E-state index contributed by atoms with van der Waals surface area (Å²) in [4.78, 5) is 11.7. The molecule has 0 saturated heterocycles. The molecule has 0 atom stereocenters. The number of likely N-dealkylation sites (N-methyl/N-ethyl adjacent to an activating group) is 1. The van der Waals surface area contributed by atoms with Gasteiger partial charge in [-0.05, 0) is 6.42 Å². The Balaban J connectivity index is 3.19. The summed E-state index contributed by atoms with van der Waals surface area (Å²) in [6, 6.07) is 0. The number of hydrogen-bond acceptors (Lipinski definition) is 1. The van der Waals surface area contributed by atoms with Crippen molar-refractivity contribution in [1.29, 1.82) is 0 Å². The molecule has 0 aromatic rings. The first kappa shape index (κ1) is 22.4. The fourth-order valence-electron chi connectivity index (χ4n) is 2.75. The average Bonchev–Trinajstić information content (AvgIpc) is 2.47. The van der Waals surface area contributed by atoms with Crippen LogP contribution in [0.5, 0.6) is 0 Å². The standard InChI is InChI=1S/C20H42N2O/c1-5-6-7-8-9-10-11-12-13-14-15-16-17-20(23)21-18-19-22(2,3)4/h5-19H2,1-4H3/p+1. The van der Waals surface area contributed by atoms with Crippen molar-refractivity contribution < 1.29 is 9.28 Å². The maximum absolute atomic E-state index is 11.7. The van der Waals surface area contributed by atoms with Crippen molar-refractivity contribution in [3.05, 3.63) is 0 Å². The number of hydrogen-bond donors (Lipinski definition) is 1. The predicted molar refractivity (Wildman–Crippen MR) is 102 cm³/mol. The van der Waals surface area contributed by atoms with Gasteiger partial charge in [-0.2, -0.15) is 0 Å². The minimum Gasteiger partial charge on any atom is -0.350 e. The molecule has 0 fully saturated rings. The van der Waals surface area contributed by atoms with Crippen LogP contribution in [0, 0.1) is 0 Å². The summed E-state index contributed by atoms with van der Waals surface area (Å²) in [6.07, 6.45) is 16.8. The van der Waals surface area contributed by atoms with Gasteiger partial charge in [0.2, 0.25) is 5.91 Å². The highest BCUT2D eigenvalue weighted by Crippen LogP contribution is 2.12. The Bertz CT molecular complexity index is 271. The van der Waals surface area contributed by atoms with Crippen molar-refractivity contribution in [2.45, 2.75) is 90.4 Å². The smallest absolute Gasteiger partial charge is 0.220 e. The Kier molecular flexibility index (Phi) is 14.6. The summed E-state index contributed by atoms with van der Waals surface area (Å²) in [7, 11) is 6.45. The first-order chi connectivity index (χ1) is 11.0. The zero-order chi connectivity index (χ0) is 17.4. The normalized spacial score (nSPS) is 11.7. The maximum atomic E-state index is 11.7. The van der Waals surface area contributed by atoms with E-state index in [1.807, 2.05) is 0 Å². The average molecular weight is 328 g/mol. The topological polar surface area (TPSA) is 29.1 Å². The zero-order valence-electron chi connectivity index (χ0n) is 16.5. The predicted octanol–water partition coefficient (Wildman–Crippen LogP) is 4.90. The van der Waals surface area contributed by atoms with Gasteiger partial charge in [0.25, 0.3) is 0 Å². The summed E-state index contributed by atoms with van der Waals surface area (Å²) in [6.45, 7) is 4.06. The zero-order valence-corrected chi connectivity index (χ0v) is 16.5. The summed E-state index contributed by atoms with van der Waals surface area (Å²) in [5.41, 5.74) is 0. The van der Waals surface area contributed by atoms with E-state index in [0.717, 1.165) is 24.0 Å². The number of unbranched alkanes of at least 4 members (excludes halogenated alkanes) is 11. The molecule has 1 amide bonds. The van der Waals surface area contributed by atoms with Crippen LogP contribution in [0.2, 0.25) is 0 Å². The van der Waals surface area contributed by atoms with Crippen LogP contribution in [-0.4, -0.2) is 44.6 Å². The Morgan fingerprint density at radius 3 is 1.61 bits per heavy atom. The first-order valence-electron chi connectivity index (χ1n) is 10.0. The lowest BCUT2D eigenvalue weighted by Gasteiger charge is -2.23. The second-order valence-electron chi connectivity index (χ2n) is 8.00. The Hall–Kier alpha value is -0.570. The monoisotopic (exact) mass is 327 g/mol. The van der Waals surface area contributed by atoms with Crippen molar-refractivity contribution in [2.24, 2.45) is 0 Å². The van der Waals surface area contributed by atoms with Gasteiger partial charge in [-0.1, -0.05) is 77.6 Å². The lowest BCUT2D eigenvalue weighted by Crippen LogP contribution is -2.41. The van der Waals surface area contributed by atoms with Crippen LogP contribution in [0.1, 0.15) is 90.4 Å². The molecule has 0 heterocycles. The summed E-state index contributed by atoms with van der Waals surface area (Å²) < 4.78 is 0.902. The van der Waals surface area contributed by atoms with E-state index in [1.165, 1.54) is 70.6 Å². The van der Waals surface area contributed by atoms with Crippen LogP contribution < -0.4 is 5.32 Å². The molecule has 0 radical (unpaired) electrons. The molecule has 0 aromatic heterocycles. The van der Waals surface area contributed by atoms with Crippen LogP contribution in [0.15, 0.2) is 0 Å². The molecule has 0 aliphatic rings. The highest BCUT2D eigenvalue weighted by atomic mass is 16.1. The largest absolute Gasteiger partial charge is 0.350 e. The van der Waals surface area contributed by atoms with E-state index in [9.17, 15) is 4.79 Å². The number of carbonyl (C=O) groups is 1. The Morgan fingerprint density at radius 1 is 0.739 bits per heavy atom. The van der Waals surface area contributed by atoms with E-state index in [4.69, 9.17) is 0 Å². The van der Waals surface area contributed by atoms with Gasteiger partial charge in [-0.25, -0.2) is 0 Å². The molecule has 0 aliphatic heterocycles. The lowest BCUT2D eigenvalue weighted by atomic mass is 10.0. The lowest BCUT2D eigenvalue weighted by molar-refractivity contribution is -0.869. The van der Waals surface area contributed by atoms with Gasteiger partial charge in [0, 0.05) is 6.42 Å². The molecule has 0 spiro atoms. The number of nitrogens with zero attached hydrogens (tertiary/aromatic N) is 1. The number of nitrogens with one attached hydrogen (secondary N) is 1. The SMILES string of the molecule is CCCCCCCCCCCCCCC(=O)NCC[N+](C)(C)C. The fourth-order valence-corrected chi connectivity index (χ4v) is 2.75. The van der Waals surface area contributed by atoms with Crippen LogP contribution in [0.4, 0.5) is 0 Å². The second-order valence-corrected chi connectivity index (χ2v) is 8.00. The minimum atomic E-state index is 0.227.